The van der Waals surface area contributed by atoms with Gasteiger partial charge < -0.3 is 0 Å². The zero-order valence-electron chi connectivity index (χ0n) is 12.2. The fraction of sp³-hybridized carbons (Fsp3) is 0.667. The van der Waals surface area contributed by atoms with Crippen LogP contribution in [0, 0.1) is 0 Å². The molecule has 0 spiro atoms. The molecule has 2 aliphatic rings. The second-order valence-corrected chi connectivity index (χ2v) is 6.78. The third-order valence-electron chi connectivity index (χ3n) is 5.61. The Hall–Kier alpha value is -0.715. The van der Waals surface area contributed by atoms with Crippen LogP contribution >= 0.6 is 0 Å². The molecular formula is C18H27B. The highest BCUT2D eigenvalue weighted by Gasteiger charge is 2.37. The van der Waals surface area contributed by atoms with Crippen molar-refractivity contribution in [3.8, 4) is 0 Å². The summed E-state index contributed by atoms with van der Waals surface area (Å²) in [5.74, 6) is 2.20. The van der Waals surface area contributed by atoms with Gasteiger partial charge in [0, 0.05) is 0 Å². The summed E-state index contributed by atoms with van der Waals surface area (Å²) in [7, 11) is 0. The van der Waals surface area contributed by atoms with Gasteiger partial charge in [0.2, 0.25) is 0 Å². The summed E-state index contributed by atoms with van der Waals surface area (Å²) < 4.78 is 0. The average molecular weight is 254 g/mol. The van der Waals surface area contributed by atoms with Crippen LogP contribution in [0.3, 0.4) is 0 Å². The summed E-state index contributed by atoms with van der Waals surface area (Å²) in [6, 6.07) is 11.0. The second-order valence-electron chi connectivity index (χ2n) is 6.78. The van der Waals surface area contributed by atoms with E-state index >= 15 is 0 Å². The molecule has 0 unspecified atom stereocenters. The van der Waals surface area contributed by atoms with Crippen LogP contribution < -0.4 is 0 Å². The lowest BCUT2D eigenvalue weighted by molar-refractivity contribution is 0.440. The normalized spacial score (nSPS) is 26.4. The van der Waals surface area contributed by atoms with Crippen LogP contribution in [0.25, 0.3) is 0 Å². The molecule has 2 bridgehead atoms. The minimum atomic E-state index is 1.10. The highest BCUT2D eigenvalue weighted by atomic mass is 14.2. The van der Waals surface area contributed by atoms with Gasteiger partial charge in [-0.15, -0.1) is 0 Å². The van der Waals surface area contributed by atoms with Crippen LogP contribution in [0.1, 0.15) is 56.9 Å². The molecule has 0 amide bonds. The molecule has 0 saturated carbocycles. The van der Waals surface area contributed by atoms with E-state index in [9.17, 15) is 0 Å². The molecule has 1 aromatic carbocycles. The van der Waals surface area contributed by atoms with E-state index < -0.39 is 0 Å². The average Bonchev–Trinajstić information content (AvgIpc) is 2.44. The molecule has 3 rings (SSSR count). The monoisotopic (exact) mass is 254 g/mol. The van der Waals surface area contributed by atoms with Gasteiger partial charge in [-0.3, -0.25) is 0 Å². The minimum Gasteiger partial charge on any atom is -0.0737 e. The van der Waals surface area contributed by atoms with Gasteiger partial charge in [-0.05, 0) is 18.4 Å². The number of benzene rings is 1. The van der Waals surface area contributed by atoms with Gasteiger partial charge in [0.05, 0.1) is 0 Å². The predicted octanol–water partition coefficient (Wildman–Crippen LogP) is 5.61. The van der Waals surface area contributed by atoms with Crippen molar-refractivity contribution in [2.24, 2.45) is 0 Å². The van der Waals surface area contributed by atoms with Crippen molar-refractivity contribution >= 4 is 6.71 Å². The van der Waals surface area contributed by atoms with Crippen molar-refractivity contribution in [1.29, 1.82) is 0 Å². The van der Waals surface area contributed by atoms with E-state index in [0.717, 1.165) is 18.3 Å². The maximum Gasteiger partial charge on any atom is 0.146 e. The van der Waals surface area contributed by atoms with Crippen LogP contribution in [0.5, 0.6) is 0 Å². The van der Waals surface area contributed by atoms with Crippen molar-refractivity contribution in [1.82, 2.24) is 0 Å². The van der Waals surface area contributed by atoms with Crippen LogP contribution in [-0.4, -0.2) is 6.71 Å². The topological polar surface area (TPSA) is 0 Å². The summed E-state index contributed by atoms with van der Waals surface area (Å²) in [4.78, 5) is 0. The van der Waals surface area contributed by atoms with Gasteiger partial charge >= 0.3 is 0 Å². The molecule has 0 N–H and O–H groups in total. The standard InChI is InChI=1S/C18H27B/c1-2-8-16(9-3-1)10-4-5-15-19-17-11-6-12-18(19)14-7-13-17/h1-3,8-9,17-18H,4-7,10-15H2. The minimum absolute atomic E-state index is 1.10. The first kappa shape index (κ1) is 13.3. The molecule has 0 atom stereocenters. The van der Waals surface area contributed by atoms with Crippen molar-refractivity contribution in [3.63, 3.8) is 0 Å². The number of aryl methyl sites for hydroxylation is 1. The van der Waals surface area contributed by atoms with E-state index in [1.165, 1.54) is 44.0 Å². The zero-order valence-corrected chi connectivity index (χ0v) is 12.2. The fourth-order valence-corrected chi connectivity index (χ4v) is 4.64. The van der Waals surface area contributed by atoms with Crippen molar-refractivity contribution in [2.75, 3.05) is 0 Å². The van der Waals surface area contributed by atoms with Gasteiger partial charge in [0.15, 0.2) is 0 Å². The van der Waals surface area contributed by atoms with E-state index in [2.05, 4.69) is 30.3 Å². The number of hydrogen-bond acceptors (Lipinski definition) is 0. The molecule has 2 heterocycles. The van der Waals surface area contributed by atoms with E-state index in [1.807, 2.05) is 0 Å². The SMILES string of the molecule is c1ccc(CCCCB2C3CCCC2CCC3)cc1. The smallest absolute Gasteiger partial charge is 0.0737 e. The van der Waals surface area contributed by atoms with Gasteiger partial charge in [0.25, 0.3) is 0 Å². The van der Waals surface area contributed by atoms with E-state index in [1.54, 1.807) is 25.7 Å². The Bertz CT molecular complexity index is 351. The molecule has 1 heteroatoms. The Morgan fingerprint density at radius 1 is 0.842 bits per heavy atom. The maximum absolute atomic E-state index is 2.27. The molecule has 0 radical (unpaired) electrons. The molecule has 2 aliphatic heterocycles. The Labute approximate surface area is 119 Å². The predicted molar refractivity (Wildman–Crippen MR) is 85.1 cm³/mol. The Balaban J connectivity index is 1.42. The van der Waals surface area contributed by atoms with Crippen LogP contribution in [0.4, 0.5) is 0 Å². The molecular weight excluding hydrogens is 227 g/mol. The number of fused-ring (bicyclic) bond motifs is 2. The van der Waals surface area contributed by atoms with Crippen molar-refractivity contribution in [3.05, 3.63) is 35.9 Å². The van der Waals surface area contributed by atoms with Crippen LogP contribution in [0.15, 0.2) is 30.3 Å². The first-order chi connectivity index (χ1) is 9.43. The van der Waals surface area contributed by atoms with E-state index in [-0.39, 0.29) is 0 Å². The Kier molecular flexibility index (Phi) is 4.64. The summed E-state index contributed by atoms with van der Waals surface area (Å²) in [6.45, 7) is 1.10. The Morgan fingerprint density at radius 2 is 1.47 bits per heavy atom. The highest BCUT2D eigenvalue weighted by molar-refractivity contribution is 6.62. The number of hydrogen-bond donors (Lipinski definition) is 0. The lowest BCUT2D eigenvalue weighted by atomic mass is 9.26. The fourth-order valence-electron chi connectivity index (χ4n) is 4.64. The van der Waals surface area contributed by atoms with Crippen molar-refractivity contribution in [2.45, 2.75) is 75.7 Å². The quantitative estimate of drug-likeness (QED) is 0.473. The van der Waals surface area contributed by atoms with E-state index in [4.69, 9.17) is 0 Å². The van der Waals surface area contributed by atoms with Gasteiger partial charge in [0.1, 0.15) is 6.71 Å². The molecule has 1 aromatic rings. The van der Waals surface area contributed by atoms with E-state index in [0.29, 0.717) is 0 Å². The third kappa shape index (κ3) is 3.44. The Morgan fingerprint density at radius 3 is 2.11 bits per heavy atom. The molecule has 2 saturated heterocycles. The zero-order chi connectivity index (χ0) is 12.9. The summed E-state index contributed by atoms with van der Waals surface area (Å²) in [6.07, 6.45) is 14.8. The lowest BCUT2D eigenvalue weighted by Crippen LogP contribution is -2.34. The summed E-state index contributed by atoms with van der Waals surface area (Å²) >= 11 is 0. The summed E-state index contributed by atoms with van der Waals surface area (Å²) in [5.41, 5.74) is 1.52. The highest BCUT2D eigenvalue weighted by Crippen LogP contribution is 2.48. The maximum atomic E-state index is 2.27. The largest absolute Gasteiger partial charge is 0.146 e. The molecule has 0 aliphatic carbocycles. The van der Waals surface area contributed by atoms with Crippen LogP contribution in [0.2, 0.25) is 18.0 Å². The van der Waals surface area contributed by atoms with Crippen LogP contribution in [-0.2, 0) is 6.42 Å². The van der Waals surface area contributed by atoms with Gasteiger partial charge in [-0.25, -0.2) is 0 Å². The molecule has 2 fully saturated rings. The molecule has 0 aromatic heterocycles. The lowest BCUT2D eigenvalue weighted by Gasteiger charge is -2.40. The second kappa shape index (κ2) is 6.63. The molecule has 19 heavy (non-hydrogen) atoms. The van der Waals surface area contributed by atoms with Gasteiger partial charge in [-0.2, -0.15) is 0 Å². The van der Waals surface area contributed by atoms with Gasteiger partial charge in [-0.1, -0.05) is 93.2 Å². The van der Waals surface area contributed by atoms with Crippen molar-refractivity contribution < 1.29 is 0 Å². The molecule has 0 nitrogen and oxygen atoms in total. The first-order valence-corrected chi connectivity index (χ1v) is 8.47. The third-order valence-corrected chi connectivity index (χ3v) is 5.61. The first-order valence-electron chi connectivity index (χ1n) is 8.47. The number of rotatable bonds is 5. The molecule has 102 valence electrons. The summed E-state index contributed by atoms with van der Waals surface area (Å²) in [5, 5.41) is 0. The number of unbranched alkanes of at least 4 members (excludes halogenated alkanes) is 1.